The molecule has 1 aliphatic heterocycles. The maximum atomic E-state index is 12.5. The Bertz CT molecular complexity index is 458. The molecule has 3 N–H and O–H groups in total. The van der Waals surface area contributed by atoms with Gasteiger partial charge in [-0.25, -0.2) is 0 Å². The summed E-state index contributed by atoms with van der Waals surface area (Å²) in [6.45, 7) is -0.0361. The molecule has 1 atom stereocenters. The van der Waals surface area contributed by atoms with Crippen molar-refractivity contribution in [2.24, 2.45) is 0 Å². The molecule has 1 heterocycles. The molecular weight excluding hydrogens is 284 g/mol. The van der Waals surface area contributed by atoms with Gasteiger partial charge in [0.05, 0.1) is 12.1 Å². The molecule has 0 spiro atoms. The van der Waals surface area contributed by atoms with Crippen LogP contribution in [0.1, 0.15) is 44.9 Å². The van der Waals surface area contributed by atoms with Crippen molar-refractivity contribution in [2.45, 2.75) is 56.5 Å². The number of rotatable bonds is 5. The van der Waals surface area contributed by atoms with Crippen LogP contribution in [0.15, 0.2) is 0 Å². The van der Waals surface area contributed by atoms with Gasteiger partial charge in [-0.3, -0.25) is 4.79 Å². The number of aliphatic carboxylic acids is 1. The summed E-state index contributed by atoms with van der Waals surface area (Å²) in [6, 6.07) is -1.00. The summed E-state index contributed by atoms with van der Waals surface area (Å²) in [5.74, 6) is -1.11. The van der Waals surface area contributed by atoms with Gasteiger partial charge in [0.25, 0.3) is 10.2 Å². The Morgan fingerprint density at radius 2 is 1.90 bits per heavy atom. The second-order valence-electron chi connectivity index (χ2n) is 5.71. The lowest BCUT2D eigenvalue weighted by molar-refractivity contribution is -0.142. The molecule has 116 valence electrons. The second kappa shape index (κ2) is 5.97. The van der Waals surface area contributed by atoms with Crippen LogP contribution in [0.25, 0.3) is 0 Å². The quantitative estimate of drug-likeness (QED) is 0.666. The first-order valence-corrected chi connectivity index (χ1v) is 8.49. The number of carbonyl (C=O) groups is 1. The molecule has 8 heteroatoms. The molecule has 7 nitrogen and oxygen atoms in total. The minimum absolute atomic E-state index is 0.216. The van der Waals surface area contributed by atoms with Crippen LogP contribution in [0, 0.1) is 0 Å². The van der Waals surface area contributed by atoms with Crippen LogP contribution in [0.5, 0.6) is 0 Å². The summed E-state index contributed by atoms with van der Waals surface area (Å²) in [4.78, 5) is 11.2. The van der Waals surface area contributed by atoms with E-state index in [1.165, 1.54) is 0 Å². The van der Waals surface area contributed by atoms with E-state index in [9.17, 15) is 23.4 Å². The minimum atomic E-state index is -3.89. The summed E-state index contributed by atoms with van der Waals surface area (Å²) in [5, 5.41) is 18.7. The van der Waals surface area contributed by atoms with E-state index in [-0.39, 0.29) is 13.2 Å². The first-order chi connectivity index (χ1) is 9.40. The largest absolute Gasteiger partial charge is 0.480 e. The first-order valence-electron chi connectivity index (χ1n) is 7.05. The molecule has 1 unspecified atom stereocenters. The molecule has 1 saturated heterocycles. The molecule has 0 aromatic carbocycles. The van der Waals surface area contributed by atoms with Gasteiger partial charge in [0.15, 0.2) is 0 Å². The summed E-state index contributed by atoms with van der Waals surface area (Å²) >= 11 is 0. The molecule has 2 fully saturated rings. The van der Waals surface area contributed by atoms with Gasteiger partial charge >= 0.3 is 5.97 Å². The zero-order chi connectivity index (χ0) is 14.8. The molecule has 0 radical (unpaired) electrons. The topological polar surface area (TPSA) is 107 Å². The van der Waals surface area contributed by atoms with Crippen molar-refractivity contribution in [1.82, 2.24) is 9.03 Å². The fraction of sp³-hybridized carbons (Fsp3) is 0.917. The molecule has 1 saturated carbocycles. The Hall–Kier alpha value is -0.700. The monoisotopic (exact) mass is 306 g/mol. The number of carboxylic acids is 1. The average molecular weight is 306 g/mol. The number of hydrogen-bond acceptors (Lipinski definition) is 4. The Balaban J connectivity index is 2.17. The van der Waals surface area contributed by atoms with E-state index in [2.05, 4.69) is 4.72 Å². The van der Waals surface area contributed by atoms with Gasteiger partial charge in [-0.15, -0.1) is 0 Å². The number of aliphatic hydroxyl groups excluding tert-OH is 1. The lowest BCUT2D eigenvalue weighted by Crippen LogP contribution is -2.58. The first kappa shape index (κ1) is 15.7. The van der Waals surface area contributed by atoms with Crippen LogP contribution in [0.4, 0.5) is 0 Å². The Labute approximate surface area is 119 Å². The lowest BCUT2D eigenvalue weighted by atomic mass is 10.0. The number of carboxylic acid groups (broad SMARTS) is 1. The van der Waals surface area contributed by atoms with E-state index < -0.39 is 27.8 Å². The predicted molar refractivity (Wildman–Crippen MR) is 72.3 cm³/mol. The number of nitrogens with one attached hydrogen (secondary N) is 1. The van der Waals surface area contributed by atoms with Crippen LogP contribution >= 0.6 is 0 Å². The Morgan fingerprint density at radius 3 is 2.45 bits per heavy atom. The fourth-order valence-corrected chi connectivity index (χ4v) is 4.95. The highest BCUT2D eigenvalue weighted by Gasteiger charge is 2.43. The van der Waals surface area contributed by atoms with E-state index in [1.807, 2.05) is 0 Å². The van der Waals surface area contributed by atoms with Crippen LogP contribution < -0.4 is 4.72 Å². The highest BCUT2D eigenvalue weighted by atomic mass is 32.2. The van der Waals surface area contributed by atoms with Crippen molar-refractivity contribution in [1.29, 1.82) is 0 Å². The highest BCUT2D eigenvalue weighted by Crippen LogP contribution is 2.31. The molecule has 20 heavy (non-hydrogen) atoms. The number of hydrogen-bond donors (Lipinski definition) is 3. The SMILES string of the molecule is O=C(O)C1CCCCN1S(=O)(=O)NC1(CO)CCCC1. The van der Waals surface area contributed by atoms with Crippen LogP contribution in [-0.2, 0) is 15.0 Å². The summed E-state index contributed by atoms with van der Waals surface area (Å²) < 4.78 is 28.5. The normalized spacial score (nSPS) is 27.6. The van der Waals surface area contributed by atoms with Crippen molar-refractivity contribution < 1.29 is 23.4 Å². The summed E-state index contributed by atoms with van der Waals surface area (Å²) in [5.41, 5.74) is -0.820. The smallest absolute Gasteiger partial charge is 0.322 e. The molecule has 2 aliphatic rings. The molecule has 1 aliphatic carbocycles. The third-order valence-corrected chi connectivity index (χ3v) is 6.00. The van der Waals surface area contributed by atoms with E-state index in [4.69, 9.17) is 0 Å². The van der Waals surface area contributed by atoms with Crippen LogP contribution in [0.3, 0.4) is 0 Å². The van der Waals surface area contributed by atoms with Crippen molar-refractivity contribution in [2.75, 3.05) is 13.2 Å². The summed E-state index contributed by atoms with van der Waals surface area (Å²) in [7, 11) is -3.89. The van der Waals surface area contributed by atoms with Gasteiger partial charge in [-0.1, -0.05) is 12.8 Å². The maximum Gasteiger partial charge on any atom is 0.322 e. The number of aliphatic hydroxyl groups is 1. The van der Waals surface area contributed by atoms with E-state index in [0.717, 1.165) is 17.1 Å². The van der Waals surface area contributed by atoms with Crippen LogP contribution in [0.2, 0.25) is 0 Å². The molecule has 0 bridgehead atoms. The Kier molecular flexibility index (Phi) is 4.68. The van der Waals surface area contributed by atoms with Crippen LogP contribution in [-0.4, -0.2) is 53.6 Å². The molecule has 0 aromatic rings. The van der Waals surface area contributed by atoms with Crippen molar-refractivity contribution in [3.8, 4) is 0 Å². The minimum Gasteiger partial charge on any atom is -0.480 e. The van der Waals surface area contributed by atoms with E-state index in [0.29, 0.717) is 32.1 Å². The third kappa shape index (κ3) is 3.13. The molecular formula is C12H22N2O5S. The summed E-state index contributed by atoms with van der Waals surface area (Å²) in [6.07, 6.45) is 4.63. The van der Waals surface area contributed by atoms with E-state index >= 15 is 0 Å². The van der Waals surface area contributed by atoms with Crippen molar-refractivity contribution >= 4 is 16.2 Å². The third-order valence-electron chi connectivity index (χ3n) is 4.26. The lowest BCUT2D eigenvalue weighted by Gasteiger charge is -2.36. The zero-order valence-electron chi connectivity index (χ0n) is 11.4. The second-order valence-corrected chi connectivity index (χ2v) is 7.34. The number of piperidine rings is 1. The predicted octanol–water partition coefficient (Wildman–Crippen LogP) is 0.0650. The Morgan fingerprint density at radius 1 is 1.25 bits per heavy atom. The number of nitrogens with zero attached hydrogens (tertiary/aromatic N) is 1. The van der Waals surface area contributed by atoms with Gasteiger partial charge in [0, 0.05) is 6.54 Å². The van der Waals surface area contributed by atoms with E-state index in [1.54, 1.807) is 0 Å². The molecule has 0 amide bonds. The van der Waals surface area contributed by atoms with Gasteiger partial charge in [-0.05, 0) is 32.1 Å². The standard InChI is InChI=1S/C12H22N2O5S/c15-9-12(6-2-3-7-12)13-20(18,19)14-8-4-1-5-10(14)11(16)17/h10,13,15H,1-9H2,(H,16,17). The molecule has 0 aromatic heterocycles. The van der Waals surface area contributed by atoms with Gasteiger partial charge < -0.3 is 10.2 Å². The molecule has 2 rings (SSSR count). The van der Waals surface area contributed by atoms with Crippen molar-refractivity contribution in [3.63, 3.8) is 0 Å². The maximum absolute atomic E-state index is 12.5. The highest BCUT2D eigenvalue weighted by molar-refractivity contribution is 7.87. The average Bonchev–Trinajstić information content (AvgIpc) is 2.87. The van der Waals surface area contributed by atoms with Crippen molar-refractivity contribution in [3.05, 3.63) is 0 Å². The fourth-order valence-electron chi connectivity index (χ4n) is 3.12. The van der Waals surface area contributed by atoms with Gasteiger partial charge in [0.1, 0.15) is 6.04 Å². The van der Waals surface area contributed by atoms with Gasteiger partial charge in [-0.2, -0.15) is 17.4 Å². The van der Waals surface area contributed by atoms with Gasteiger partial charge in [0.2, 0.25) is 0 Å². The zero-order valence-corrected chi connectivity index (χ0v) is 12.2.